The lowest BCUT2D eigenvalue weighted by molar-refractivity contribution is -0.117. The SMILES string of the molecule is CC.CCCC(C)=O.CCCCCCCC/C=C\CCCCCCCCNCC(C)OCCC(C)C. The maximum atomic E-state index is 10.0. The molecule has 0 spiro atoms. The molecule has 0 aromatic carbocycles. The number of ketones is 1. The van der Waals surface area contributed by atoms with E-state index in [-0.39, 0.29) is 5.78 Å². The third kappa shape index (κ3) is 43.4. The van der Waals surface area contributed by atoms with Crippen molar-refractivity contribution in [3.8, 4) is 0 Å². The summed E-state index contributed by atoms with van der Waals surface area (Å²) < 4.78 is 5.82. The fourth-order valence-corrected chi connectivity index (χ4v) is 3.72. The summed E-state index contributed by atoms with van der Waals surface area (Å²) in [5.41, 5.74) is 0. The first-order chi connectivity index (χ1) is 17.4. The average molecular weight is 512 g/mol. The summed E-state index contributed by atoms with van der Waals surface area (Å²) in [6.45, 7) is 19.6. The molecule has 0 amide bonds. The van der Waals surface area contributed by atoms with Crippen molar-refractivity contribution in [1.82, 2.24) is 5.32 Å². The molecule has 0 saturated heterocycles. The third-order valence-electron chi connectivity index (χ3n) is 6.00. The van der Waals surface area contributed by atoms with E-state index in [0.29, 0.717) is 6.10 Å². The first-order valence-electron chi connectivity index (χ1n) is 15.9. The van der Waals surface area contributed by atoms with E-state index >= 15 is 0 Å². The molecular weight excluding hydrogens is 442 g/mol. The predicted octanol–water partition coefficient (Wildman–Crippen LogP) is 10.5. The summed E-state index contributed by atoms with van der Waals surface area (Å²) in [4.78, 5) is 10.0. The van der Waals surface area contributed by atoms with Gasteiger partial charge in [-0.15, -0.1) is 0 Å². The highest BCUT2D eigenvalue weighted by atomic mass is 16.5. The molecule has 1 unspecified atom stereocenters. The van der Waals surface area contributed by atoms with Crippen LogP contribution < -0.4 is 5.32 Å². The van der Waals surface area contributed by atoms with E-state index in [1.54, 1.807) is 6.92 Å². The smallest absolute Gasteiger partial charge is 0.129 e. The van der Waals surface area contributed by atoms with Crippen molar-refractivity contribution in [3.63, 3.8) is 0 Å². The van der Waals surface area contributed by atoms with Gasteiger partial charge in [-0.05, 0) is 71.3 Å². The molecular formula is C33H69NO2. The normalized spacial score (nSPS) is 11.7. The van der Waals surface area contributed by atoms with Crippen molar-refractivity contribution in [1.29, 1.82) is 0 Å². The van der Waals surface area contributed by atoms with E-state index < -0.39 is 0 Å². The first-order valence-corrected chi connectivity index (χ1v) is 15.9. The van der Waals surface area contributed by atoms with E-state index in [1.165, 1.54) is 96.3 Å². The maximum absolute atomic E-state index is 10.0. The van der Waals surface area contributed by atoms with Gasteiger partial charge in [0.2, 0.25) is 0 Å². The van der Waals surface area contributed by atoms with Gasteiger partial charge in [0.1, 0.15) is 5.78 Å². The highest BCUT2D eigenvalue weighted by Crippen LogP contribution is 2.10. The summed E-state index contributed by atoms with van der Waals surface area (Å²) in [5.74, 6) is 1.03. The number of rotatable bonds is 24. The van der Waals surface area contributed by atoms with Crippen LogP contribution in [0.25, 0.3) is 0 Å². The van der Waals surface area contributed by atoms with Crippen LogP contribution in [0.1, 0.15) is 165 Å². The molecule has 0 heterocycles. The standard InChI is InChI=1S/C26H53NO.C5H10O.C2H6/c1-5-6-7-8-9-10-11-12-13-14-15-16-17-18-19-20-22-27-24-26(4)28-23-21-25(2)3;1-3-4-5(2)6;1-2/h12-13,25-27H,5-11,14-24H2,1-4H3;3-4H2,1-2H3;1-2H3/b13-12-;;. The predicted molar refractivity (Wildman–Crippen MR) is 164 cm³/mol. The number of Topliss-reactive ketones (excluding diaryl/α,β-unsaturated/α-hetero) is 1. The van der Waals surface area contributed by atoms with Crippen LogP contribution in [0.3, 0.4) is 0 Å². The number of allylic oxidation sites excluding steroid dienone is 2. The lowest BCUT2D eigenvalue weighted by Gasteiger charge is -2.14. The Morgan fingerprint density at radius 1 is 0.750 bits per heavy atom. The van der Waals surface area contributed by atoms with E-state index in [9.17, 15) is 4.79 Å². The Morgan fingerprint density at radius 3 is 1.69 bits per heavy atom. The largest absolute Gasteiger partial charge is 0.377 e. The van der Waals surface area contributed by atoms with Crippen molar-refractivity contribution in [2.75, 3.05) is 19.7 Å². The van der Waals surface area contributed by atoms with Gasteiger partial charge in [0.05, 0.1) is 6.10 Å². The summed E-state index contributed by atoms with van der Waals surface area (Å²) >= 11 is 0. The van der Waals surface area contributed by atoms with Crippen molar-refractivity contribution >= 4 is 5.78 Å². The van der Waals surface area contributed by atoms with Gasteiger partial charge in [0.15, 0.2) is 0 Å². The Balaban J connectivity index is -0.00000118. The van der Waals surface area contributed by atoms with Crippen LogP contribution in [0.15, 0.2) is 12.2 Å². The third-order valence-corrected chi connectivity index (χ3v) is 6.00. The molecule has 36 heavy (non-hydrogen) atoms. The molecule has 1 atom stereocenters. The Hall–Kier alpha value is -0.670. The van der Waals surface area contributed by atoms with Crippen LogP contribution in [0.4, 0.5) is 0 Å². The molecule has 0 aromatic rings. The monoisotopic (exact) mass is 512 g/mol. The molecule has 0 saturated carbocycles. The van der Waals surface area contributed by atoms with E-state index in [2.05, 4.69) is 45.2 Å². The number of hydrogen-bond donors (Lipinski definition) is 1. The van der Waals surface area contributed by atoms with Crippen LogP contribution in [0.2, 0.25) is 0 Å². The molecule has 218 valence electrons. The van der Waals surface area contributed by atoms with E-state index in [4.69, 9.17) is 4.74 Å². The topological polar surface area (TPSA) is 38.3 Å². The Morgan fingerprint density at radius 2 is 1.25 bits per heavy atom. The molecule has 0 aliphatic heterocycles. The molecule has 0 aliphatic rings. The van der Waals surface area contributed by atoms with Gasteiger partial charge < -0.3 is 14.8 Å². The summed E-state index contributed by atoms with van der Waals surface area (Å²) in [7, 11) is 0. The maximum Gasteiger partial charge on any atom is 0.129 e. The quantitative estimate of drug-likeness (QED) is 0.103. The van der Waals surface area contributed by atoms with Crippen LogP contribution >= 0.6 is 0 Å². The fraction of sp³-hybridized carbons (Fsp3) is 0.909. The zero-order valence-electron chi connectivity index (χ0n) is 26.3. The molecule has 0 fully saturated rings. The van der Waals surface area contributed by atoms with Gasteiger partial charge in [-0.1, -0.05) is 111 Å². The minimum Gasteiger partial charge on any atom is -0.377 e. The van der Waals surface area contributed by atoms with Crippen LogP contribution in [0, 0.1) is 5.92 Å². The zero-order chi connectivity index (χ0) is 27.7. The number of carbonyl (C=O) groups excluding carboxylic acids is 1. The number of hydrogen-bond acceptors (Lipinski definition) is 3. The summed E-state index contributed by atoms with van der Waals surface area (Å²) in [6, 6.07) is 0. The number of nitrogens with one attached hydrogen (secondary N) is 1. The van der Waals surface area contributed by atoms with Gasteiger partial charge in [-0.2, -0.15) is 0 Å². The van der Waals surface area contributed by atoms with Crippen LogP contribution in [-0.4, -0.2) is 31.6 Å². The first kappa shape index (κ1) is 39.8. The fourth-order valence-electron chi connectivity index (χ4n) is 3.72. The lowest BCUT2D eigenvalue weighted by Crippen LogP contribution is -2.28. The molecule has 1 N–H and O–H groups in total. The molecule has 3 heteroatoms. The lowest BCUT2D eigenvalue weighted by atomic mass is 10.1. The molecule has 0 rings (SSSR count). The molecule has 0 aromatic heterocycles. The zero-order valence-corrected chi connectivity index (χ0v) is 26.3. The minimum atomic E-state index is 0.289. The second-order valence-electron chi connectivity index (χ2n) is 10.5. The van der Waals surface area contributed by atoms with E-state index in [0.717, 1.165) is 38.5 Å². The Bertz CT molecular complexity index is 420. The van der Waals surface area contributed by atoms with Gasteiger partial charge in [-0.25, -0.2) is 0 Å². The van der Waals surface area contributed by atoms with Crippen LogP contribution in [-0.2, 0) is 9.53 Å². The summed E-state index contributed by atoms with van der Waals surface area (Å²) in [5, 5.41) is 3.54. The Kier molecular flexibility index (Phi) is 40.4. The van der Waals surface area contributed by atoms with Gasteiger partial charge >= 0.3 is 0 Å². The second-order valence-corrected chi connectivity index (χ2v) is 10.5. The van der Waals surface area contributed by atoms with Crippen molar-refractivity contribution < 1.29 is 9.53 Å². The van der Waals surface area contributed by atoms with Crippen molar-refractivity contribution in [2.24, 2.45) is 5.92 Å². The molecule has 0 aliphatic carbocycles. The van der Waals surface area contributed by atoms with Gasteiger partial charge in [0, 0.05) is 19.6 Å². The van der Waals surface area contributed by atoms with Crippen LogP contribution in [0.5, 0.6) is 0 Å². The highest BCUT2D eigenvalue weighted by Gasteiger charge is 2.02. The van der Waals surface area contributed by atoms with Crippen molar-refractivity contribution in [3.05, 3.63) is 12.2 Å². The summed E-state index contributed by atoms with van der Waals surface area (Å²) in [6.07, 6.45) is 27.3. The highest BCUT2D eigenvalue weighted by molar-refractivity contribution is 5.75. The Labute approximate surface area is 229 Å². The van der Waals surface area contributed by atoms with Gasteiger partial charge in [0.25, 0.3) is 0 Å². The number of ether oxygens (including phenoxy) is 1. The van der Waals surface area contributed by atoms with Crippen molar-refractivity contribution in [2.45, 2.75) is 171 Å². The average Bonchev–Trinajstić information content (AvgIpc) is 2.84. The second kappa shape index (κ2) is 36.5. The number of carbonyl (C=O) groups is 1. The molecule has 3 nitrogen and oxygen atoms in total. The van der Waals surface area contributed by atoms with E-state index in [1.807, 2.05) is 20.8 Å². The molecule has 0 radical (unpaired) electrons. The number of unbranched alkanes of at least 4 members (excludes halogenated alkanes) is 12. The minimum absolute atomic E-state index is 0.289. The van der Waals surface area contributed by atoms with Gasteiger partial charge in [-0.3, -0.25) is 0 Å². The molecule has 0 bridgehead atoms.